The normalized spacial score (nSPS) is 11.3. The molecule has 3 N–H and O–H groups in total. The summed E-state index contributed by atoms with van der Waals surface area (Å²) in [4.78, 5) is 15.7. The second-order valence-electron chi connectivity index (χ2n) is 5.06. The van der Waals surface area contributed by atoms with Gasteiger partial charge in [-0.3, -0.25) is 4.79 Å². The summed E-state index contributed by atoms with van der Waals surface area (Å²) in [6.07, 6.45) is 2.37. The van der Waals surface area contributed by atoms with E-state index in [1.165, 1.54) is 6.20 Å². The minimum Gasteiger partial charge on any atom is -0.385 e. The van der Waals surface area contributed by atoms with Gasteiger partial charge in [0.15, 0.2) is 0 Å². The van der Waals surface area contributed by atoms with Crippen molar-refractivity contribution in [1.82, 2.24) is 10.3 Å². The van der Waals surface area contributed by atoms with Gasteiger partial charge in [-0.2, -0.15) is 0 Å². The number of ether oxygens (including phenoxy) is 1. The molecule has 1 aromatic heterocycles. The highest BCUT2D eigenvalue weighted by molar-refractivity contribution is 5.94. The van der Waals surface area contributed by atoms with E-state index in [0.717, 1.165) is 6.42 Å². The number of carbonyl (C=O) groups excluding carboxylic acids is 1. The predicted octanol–water partition coefficient (Wildman–Crippen LogP) is 1.46. The third-order valence-electron chi connectivity index (χ3n) is 2.76. The van der Waals surface area contributed by atoms with Gasteiger partial charge in [0, 0.05) is 26.5 Å². The van der Waals surface area contributed by atoms with E-state index in [-0.39, 0.29) is 11.3 Å². The molecule has 5 heteroatoms. The molecule has 0 radical (unpaired) electrons. The maximum Gasteiger partial charge on any atom is 0.252 e. The van der Waals surface area contributed by atoms with Gasteiger partial charge in [0.05, 0.1) is 5.56 Å². The minimum absolute atomic E-state index is 0.00685. The van der Waals surface area contributed by atoms with E-state index in [2.05, 4.69) is 24.1 Å². The van der Waals surface area contributed by atoms with Crippen LogP contribution in [0.25, 0.3) is 0 Å². The molecule has 0 saturated heterocycles. The van der Waals surface area contributed by atoms with E-state index in [9.17, 15) is 4.79 Å². The zero-order valence-electron chi connectivity index (χ0n) is 11.2. The molecule has 100 valence electrons. The molecule has 0 aliphatic carbocycles. The van der Waals surface area contributed by atoms with Crippen LogP contribution in [0.1, 0.15) is 30.6 Å². The van der Waals surface area contributed by atoms with Crippen LogP contribution in [0.15, 0.2) is 18.3 Å². The van der Waals surface area contributed by atoms with Crippen molar-refractivity contribution in [3.63, 3.8) is 0 Å². The van der Waals surface area contributed by atoms with Crippen molar-refractivity contribution in [3.05, 3.63) is 23.9 Å². The number of rotatable bonds is 6. The van der Waals surface area contributed by atoms with Gasteiger partial charge in [-0.1, -0.05) is 13.8 Å². The summed E-state index contributed by atoms with van der Waals surface area (Å²) in [5.74, 6) is 0.278. The fraction of sp³-hybridized carbons (Fsp3) is 0.538. The second kappa shape index (κ2) is 6.35. The third kappa shape index (κ3) is 4.71. The highest BCUT2D eigenvalue weighted by Crippen LogP contribution is 2.18. The van der Waals surface area contributed by atoms with Crippen LogP contribution in [-0.4, -0.2) is 31.2 Å². The maximum absolute atomic E-state index is 11.9. The van der Waals surface area contributed by atoms with Gasteiger partial charge in [-0.15, -0.1) is 0 Å². The SMILES string of the molecule is COCCC(C)(C)CNC(=O)c1ccc(N)nc1. The van der Waals surface area contributed by atoms with Crippen LogP contribution in [0.5, 0.6) is 0 Å². The third-order valence-corrected chi connectivity index (χ3v) is 2.76. The molecule has 0 atom stereocenters. The van der Waals surface area contributed by atoms with E-state index in [1.54, 1.807) is 19.2 Å². The van der Waals surface area contributed by atoms with E-state index < -0.39 is 0 Å². The predicted molar refractivity (Wildman–Crippen MR) is 71.3 cm³/mol. The molecule has 0 spiro atoms. The summed E-state index contributed by atoms with van der Waals surface area (Å²) in [7, 11) is 1.68. The Kier molecular flexibility index (Phi) is 5.09. The van der Waals surface area contributed by atoms with Crippen molar-refractivity contribution >= 4 is 11.7 Å². The molecule has 18 heavy (non-hydrogen) atoms. The smallest absolute Gasteiger partial charge is 0.252 e. The minimum atomic E-state index is -0.131. The van der Waals surface area contributed by atoms with Crippen LogP contribution < -0.4 is 11.1 Å². The highest BCUT2D eigenvalue weighted by Gasteiger charge is 2.19. The Morgan fingerprint density at radius 1 is 1.50 bits per heavy atom. The van der Waals surface area contributed by atoms with Crippen molar-refractivity contribution in [2.45, 2.75) is 20.3 Å². The number of hydrogen-bond donors (Lipinski definition) is 2. The quantitative estimate of drug-likeness (QED) is 0.802. The van der Waals surface area contributed by atoms with Crippen LogP contribution in [0, 0.1) is 5.41 Å². The summed E-state index contributed by atoms with van der Waals surface area (Å²) in [5, 5.41) is 2.89. The van der Waals surface area contributed by atoms with Crippen LogP contribution in [0.3, 0.4) is 0 Å². The van der Waals surface area contributed by atoms with Gasteiger partial charge in [-0.05, 0) is 24.0 Å². The van der Waals surface area contributed by atoms with E-state index in [0.29, 0.717) is 24.5 Å². The van der Waals surface area contributed by atoms with E-state index >= 15 is 0 Å². The van der Waals surface area contributed by atoms with Crippen LogP contribution in [0.4, 0.5) is 5.82 Å². The molecule has 0 aromatic carbocycles. The number of nitrogens with two attached hydrogens (primary N) is 1. The lowest BCUT2D eigenvalue weighted by Gasteiger charge is -2.24. The lowest BCUT2D eigenvalue weighted by molar-refractivity contribution is 0.0920. The molecule has 1 aromatic rings. The van der Waals surface area contributed by atoms with Gasteiger partial charge in [0.1, 0.15) is 5.82 Å². The Morgan fingerprint density at radius 3 is 2.78 bits per heavy atom. The van der Waals surface area contributed by atoms with E-state index in [4.69, 9.17) is 10.5 Å². The first-order valence-corrected chi connectivity index (χ1v) is 5.93. The lowest BCUT2D eigenvalue weighted by atomic mass is 9.89. The lowest BCUT2D eigenvalue weighted by Crippen LogP contribution is -2.34. The molecule has 0 bridgehead atoms. The zero-order chi connectivity index (χ0) is 13.6. The van der Waals surface area contributed by atoms with Gasteiger partial charge >= 0.3 is 0 Å². The molecule has 1 heterocycles. The Bertz CT molecular complexity index is 388. The number of aromatic nitrogens is 1. The number of carbonyl (C=O) groups is 1. The van der Waals surface area contributed by atoms with Crippen molar-refractivity contribution in [2.75, 3.05) is 26.0 Å². The summed E-state index contributed by atoms with van der Waals surface area (Å²) in [6, 6.07) is 3.28. The van der Waals surface area contributed by atoms with Gasteiger partial charge < -0.3 is 15.8 Å². The van der Waals surface area contributed by atoms with Crippen LogP contribution >= 0.6 is 0 Å². The van der Waals surface area contributed by atoms with Crippen LogP contribution in [0.2, 0.25) is 0 Å². The zero-order valence-corrected chi connectivity index (χ0v) is 11.2. The molecule has 0 fully saturated rings. The number of amides is 1. The first-order valence-electron chi connectivity index (χ1n) is 5.93. The molecule has 0 aliphatic heterocycles. The average Bonchev–Trinajstić information content (AvgIpc) is 2.35. The molecule has 0 saturated carbocycles. The number of anilines is 1. The molecular formula is C13H21N3O2. The molecule has 5 nitrogen and oxygen atoms in total. The second-order valence-corrected chi connectivity index (χ2v) is 5.06. The molecule has 0 unspecified atom stereocenters. The average molecular weight is 251 g/mol. The summed E-state index contributed by atoms with van der Waals surface area (Å²) < 4.78 is 5.05. The molecular weight excluding hydrogens is 230 g/mol. The number of methoxy groups -OCH3 is 1. The summed E-state index contributed by atoms with van der Waals surface area (Å²) in [6.45, 7) is 5.47. The standard InChI is InChI=1S/C13H21N3O2/c1-13(2,6-7-18-3)9-16-12(17)10-4-5-11(14)15-8-10/h4-5,8H,6-7,9H2,1-3H3,(H2,14,15)(H,16,17). The number of hydrogen-bond acceptors (Lipinski definition) is 4. The van der Waals surface area contributed by atoms with E-state index in [1.807, 2.05) is 0 Å². The van der Waals surface area contributed by atoms with Gasteiger partial charge in [0.2, 0.25) is 0 Å². The highest BCUT2D eigenvalue weighted by atomic mass is 16.5. The summed E-state index contributed by atoms with van der Waals surface area (Å²) in [5.41, 5.74) is 6.00. The summed E-state index contributed by atoms with van der Waals surface area (Å²) >= 11 is 0. The number of nitrogen functional groups attached to an aromatic ring is 1. The fourth-order valence-electron chi connectivity index (χ4n) is 1.43. The van der Waals surface area contributed by atoms with Crippen molar-refractivity contribution in [2.24, 2.45) is 5.41 Å². The van der Waals surface area contributed by atoms with Crippen molar-refractivity contribution < 1.29 is 9.53 Å². The topological polar surface area (TPSA) is 77.2 Å². The first kappa shape index (κ1) is 14.4. The Balaban J connectivity index is 2.48. The molecule has 1 rings (SSSR count). The molecule has 1 amide bonds. The monoisotopic (exact) mass is 251 g/mol. The molecule has 0 aliphatic rings. The van der Waals surface area contributed by atoms with Crippen LogP contribution in [-0.2, 0) is 4.74 Å². The number of nitrogens with one attached hydrogen (secondary N) is 1. The van der Waals surface area contributed by atoms with Gasteiger partial charge in [-0.25, -0.2) is 4.98 Å². The number of nitrogens with zero attached hydrogens (tertiary/aromatic N) is 1. The Hall–Kier alpha value is -1.62. The number of pyridine rings is 1. The van der Waals surface area contributed by atoms with Crippen molar-refractivity contribution in [3.8, 4) is 0 Å². The van der Waals surface area contributed by atoms with Gasteiger partial charge in [0.25, 0.3) is 5.91 Å². The Labute approximate surface area is 108 Å². The Morgan fingerprint density at radius 2 is 2.22 bits per heavy atom. The van der Waals surface area contributed by atoms with Crippen molar-refractivity contribution in [1.29, 1.82) is 0 Å². The largest absolute Gasteiger partial charge is 0.385 e. The first-order chi connectivity index (χ1) is 8.44. The maximum atomic E-state index is 11.9. The fourth-order valence-corrected chi connectivity index (χ4v) is 1.43.